The van der Waals surface area contributed by atoms with E-state index in [9.17, 15) is 0 Å². The first-order chi connectivity index (χ1) is 15.2. The molecule has 0 bridgehead atoms. The van der Waals surface area contributed by atoms with E-state index in [0.29, 0.717) is 13.1 Å². The average molecular weight is 420 g/mol. The van der Waals surface area contributed by atoms with E-state index in [2.05, 4.69) is 63.8 Å². The minimum absolute atomic E-state index is 0.560. The number of nitrogens with one attached hydrogen (secondary N) is 2. The van der Waals surface area contributed by atoms with Gasteiger partial charge in [-0.2, -0.15) is 0 Å². The predicted molar refractivity (Wildman–Crippen MR) is 125 cm³/mol. The summed E-state index contributed by atoms with van der Waals surface area (Å²) in [5, 5.41) is 15.1. The Labute approximate surface area is 184 Å². The lowest BCUT2D eigenvalue weighted by Gasteiger charge is -2.30. The zero-order valence-corrected chi connectivity index (χ0v) is 18.6. The highest BCUT2D eigenvalue weighted by molar-refractivity contribution is 5.79. The van der Waals surface area contributed by atoms with Gasteiger partial charge in [0, 0.05) is 19.3 Å². The van der Waals surface area contributed by atoms with Crippen molar-refractivity contribution in [1.82, 2.24) is 30.1 Å². The SMILES string of the molecule is CCNC(=NCc1ccc(CN2CCC(C)CC2)cc1)NCc1nnc2ccccn12. The normalized spacial score (nSPS) is 16.0. The Bertz CT molecular complexity index is 985. The molecular weight excluding hydrogens is 386 g/mol. The Kier molecular flexibility index (Phi) is 7.14. The van der Waals surface area contributed by atoms with Crippen LogP contribution in [-0.4, -0.2) is 45.1 Å². The third kappa shape index (κ3) is 5.82. The molecular formula is C24H33N7. The number of likely N-dealkylation sites (tertiary alicyclic amines) is 1. The van der Waals surface area contributed by atoms with Crippen LogP contribution in [0.1, 0.15) is 43.6 Å². The molecule has 31 heavy (non-hydrogen) atoms. The molecule has 2 aromatic heterocycles. The van der Waals surface area contributed by atoms with Crippen molar-refractivity contribution in [3.63, 3.8) is 0 Å². The molecule has 0 amide bonds. The predicted octanol–water partition coefficient (Wildman–Crippen LogP) is 3.22. The van der Waals surface area contributed by atoms with E-state index in [4.69, 9.17) is 4.99 Å². The van der Waals surface area contributed by atoms with Crippen molar-refractivity contribution in [2.24, 2.45) is 10.9 Å². The van der Waals surface area contributed by atoms with Gasteiger partial charge in [0.1, 0.15) is 0 Å². The molecule has 0 radical (unpaired) electrons. The summed E-state index contributed by atoms with van der Waals surface area (Å²) < 4.78 is 1.98. The van der Waals surface area contributed by atoms with Gasteiger partial charge >= 0.3 is 0 Å². The molecule has 7 nitrogen and oxygen atoms in total. The lowest BCUT2D eigenvalue weighted by Crippen LogP contribution is -2.37. The van der Waals surface area contributed by atoms with E-state index < -0.39 is 0 Å². The number of nitrogens with zero attached hydrogens (tertiary/aromatic N) is 5. The van der Waals surface area contributed by atoms with E-state index in [1.807, 2.05) is 28.8 Å². The number of piperidine rings is 1. The number of pyridine rings is 1. The van der Waals surface area contributed by atoms with Crippen LogP contribution in [-0.2, 0) is 19.6 Å². The van der Waals surface area contributed by atoms with Crippen molar-refractivity contribution in [2.75, 3.05) is 19.6 Å². The van der Waals surface area contributed by atoms with E-state index in [1.54, 1.807) is 0 Å². The van der Waals surface area contributed by atoms with Crippen molar-refractivity contribution < 1.29 is 0 Å². The fourth-order valence-corrected chi connectivity index (χ4v) is 3.91. The number of rotatable bonds is 7. The van der Waals surface area contributed by atoms with Gasteiger partial charge < -0.3 is 10.6 Å². The van der Waals surface area contributed by atoms with Gasteiger partial charge in [-0.3, -0.25) is 9.30 Å². The molecule has 0 unspecified atom stereocenters. The fraction of sp³-hybridized carbons (Fsp3) is 0.458. The molecule has 1 fully saturated rings. The Morgan fingerprint density at radius 3 is 2.58 bits per heavy atom. The van der Waals surface area contributed by atoms with Gasteiger partial charge in [-0.1, -0.05) is 37.3 Å². The van der Waals surface area contributed by atoms with Gasteiger partial charge in [-0.15, -0.1) is 10.2 Å². The van der Waals surface area contributed by atoms with Crippen LogP contribution in [0.4, 0.5) is 0 Å². The highest BCUT2D eigenvalue weighted by Gasteiger charge is 2.15. The number of aliphatic imine (C=N–C) groups is 1. The molecule has 1 aliphatic heterocycles. The summed E-state index contributed by atoms with van der Waals surface area (Å²) >= 11 is 0. The monoisotopic (exact) mass is 419 g/mol. The summed E-state index contributed by atoms with van der Waals surface area (Å²) in [6.07, 6.45) is 4.61. The number of benzene rings is 1. The van der Waals surface area contributed by atoms with Gasteiger partial charge in [0.05, 0.1) is 13.1 Å². The highest BCUT2D eigenvalue weighted by atomic mass is 15.3. The maximum atomic E-state index is 4.74. The molecule has 0 aliphatic carbocycles. The molecule has 0 atom stereocenters. The van der Waals surface area contributed by atoms with Crippen molar-refractivity contribution in [1.29, 1.82) is 0 Å². The molecule has 2 N–H and O–H groups in total. The van der Waals surface area contributed by atoms with E-state index in [-0.39, 0.29) is 0 Å². The maximum absolute atomic E-state index is 4.74. The molecule has 1 aliphatic rings. The second-order valence-corrected chi connectivity index (χ2v) is 8.37. The third-order valence-corrected chi connectivity index (χ3v) is 5.87. The number of fused-ring (bicyclic) bond motifs is 1. The molecule has 7 heteroatoms. The van der Waals surface area contributed by atoms with Gasteiger partial charge in [0.15, 0.2) is 17.4 Å². The first kappa shape index (κ1) is 21.3. The number of hydrogen-bond donors (Lipinski definition) is 2. The van der Waals surface area contributed by atoms with E-state index in [1.165, 1.54) is 37.1 Å². The largest absolute Gasteiger partial charge is 0.357 e. The van der Waals surface area contributed by atoms with Crippen LogP contribution < -0.4 is 10.6 Å². The van der Waals surface area contributed by atoms with E-state index >= 15 is 0 Å². The van der Waals surface area contributed by atoms with Gasteiger partial charge in [-0.05, 0) is 62.0 Å². The number of guanidine groups is 1. The lowest BCUT2D eigenvalue weighted by atomic mass is 9.99. The zero-order chi connectivity index (χ0) is 21.5. The van der Waals surface area contributed by atoms with Crippen LogP contribution in [0.5, 0.6) is 0 Å². The standard InChI is InChI=1S/C24H33N7/c1-3-25-24(27-17-23-29-28-22-6-4-5-13-31(22)23)26-16-20-7-9-21(10-8-20)18-30-14-11-19(2)12-15-30/h4-10,13,19H,3,11-12,14-18H2,1-2H3,(H2,25,26,27). The lowest BCUT2D eigenvalue weighted by molar-refractivity contribution is 0.185. The first-order valence-electron chi connectivity index (χ1n) is 11.3. The van der Waals surface area contributed by atoms with Crippen LogP contribution in [0.15, 0.2) is 53.7 Å². The maximum Gasteiger partial charge on any atom is 0.191 e. The van der Waals surface area contributed by atoms with Crippen LogP contribution in [0.25, 0.3) is 5.65 Å². The van der Waals surface area contributed by atoms with Crippen molar-refractivity contribution in [3.05, 3.63) is 65.6 Å². The Hall–Kier alpha value is -2.93. The molecule has 3 heterocycles. The molecule has 3 aromatic rings. The van der Waals surface area contributed by atoms with Gasteiger partial charge in [0.2, 0.25) is 0 Å². The second-order valence-electron chi connectivity index (χ2n) is 8.37. The van der Waals surface area contributed by atoms with Gasteiger partial charge in [0.25, 0.3) is 0 Å². The van der Waals surface area contributed by atoms with Crippen molar-refractivity contribution in [3.8, 4) is 0 Å². The smallest absolute Gasteiger partial charge is 0.191 e. The molecule has 0 spiro atoms. The van der Waals surface area contributed by atoms with Crippen molar-refractivity contribution in [2.45, 2.75) is 46.3 Å². The number of hydrogen-bond acceptors (Lipinski definition) is 4. The average Bonchev–Trinajstić information content (AvgIpc) is 3.21. The van der Waals surface area contributed by atoms with Crippen LogP contribution in [0, 0.1) is 5.92 Å². The fourth-order valence-electron chi connectivity index (χ4n) is 3.91. The van der Waals surface area contributed by atoms with Crippen LogP contribution >= 0.6 is 0 Å². The van der Waals surface area contributed by atoms with Crippen LogP contribution in [0.3, 0.4) is 0 Å². The van der Waals surface area contributed by atoms with E-state index in [0.717, 1.165) is 36.4 Å². The Morgan fingerprint density at radius 2 is 1.81 bits per heavy atom. The number of aromatic nitrogens is 3. The molecule has 1 aromatic carbocycles. The van der Waals surface area contributed by atoms with Crippen molar-refractivity contribution >= 4 is 11.6 Å². The summed E-state index contributed by atoms with van der Waals surface area (Å²) in [6, 6.07) is 14.8. The zero-order valence-electron chi connectivity index (χ0n) is 18.6. The quantitative estimate of drug-likeness (QED) is 0.455. The third-order valence-electron chi connectivity index (χ3n) is 5.87. The molecule has 1 saturated heterocycles. The Morgan fingerprint density at radius 1 is 1.03 bits per heavy atom. The minimum atomic E-state index is 0.560. The summed E-state index contributed by atoms with van der Waals surface area (Å²) in [6.45, 7) is 9.91. The Balaban J connectivity index is 1.32. The van der Waals surface area contributed by atoms with Crippen LogP contribution in [0.2, 0.25) is 0 Å². The highest BCUT2D eigenvalue weighted by Crippen LogP contribution is 2.18. The minimum Gasteiger partial charge on any atom is -0.357 e. The second kappa shape index (κ2) is 10.4. The summed E-state index contributed by atoms with van der Waals surface area (Å²) in [5.74, 6) is 2.51. The molecule has 0 saturated carbocycles. The summed E-state index contributed by atoms with van der Waals surface area (Å²) in [5.41, 5.74) is 3.44. The summed E-state index contributed by atoms with van der Waals surface area (Å²) in [7, 11) is 0. The molecule has 4 rings (SSSR count). The summed E-state index contributed by atoms with van der Waals surface area (Å²) in [4.78, 5) is 7.31. The van der Waals surface area contributed by atoms with Gasteiger partial charge in [-0.25, -0.2) is 4.99 Å². The topological polar surface area (TPSA) is 69.8 Å². The molecule has 164 valence electrons. The first-order valence-corrected chi connectivity index (χ1v) is 11.3.